The topological polar surface area (TPSA) is 119 Å². The first-order chi connectivity index (χ1) is 12.7. The van der Waals surface area contributed by atoms with Crippen LogP contribution in [-0.4, -0.2) is 62.2 Å². The number of amides is 1. The first kappa shape index (κ1) is 18.2. The Balaban J connectivity index is 1.60. The van der Waals surface area contributed by atoms with Gasteiger partial charge in [0.1, 0.15) is 23.2 Å². The van der Waals surface area contributed by atoms with Gasteiger partial charge in [0.15, 0.2) is 9.94 Å². The largest absolute Gasteiger partial charge is 0.509 e. The lowest BCUT2D eigenvalue weighted by Gasteiger charge is -2.49. The molecule has 0 unspecified atom stereocenters. The van der Waals surface area contributed by atoms with Gasteiger partial charge in [-0.05, 0) is 19.4 Å². The molecule has 1 amide bonds. The summed E-state index contributed by atoms with van der Waals surface area (Å²) < 4.78 is 10.9. The van der Waals surface area contributed by atoms with Crippen molar-refractivity contribution < 1.29 is 29.0 Å². The number of carbonyl (C=O) groups excluding carboxylic acids is 2. The zero-order valence-corrected chi connectivity index (χ0v) is 16.4. The molecule has 11 heteroatoms. The number of rotatable bonds is 5. The Morgan fingerprint density at radius 1 is 1.44 bits per heavy atom. The summed E-state index contributed by atoms with van der Waals surface area (Å²) in [6.07, 6.45) is -0.803. The summed E-state index contributed by atoms with van der Waals surface area (Å²) in [4.78, 5) is 37.4. The predicted molar refractivity (Wildman–Crippen MR) is 94.2 cm³/mol. The molecule has 144 valence electrons. The quantitative estimate of drug-likeness (QED) is 0.438. The van der Waals surface area contributed by atoms with Gasteiger partial charge in [-0.2, -0.15) is 0 Å². The lowest BCUT2D eigenvalue weighted by Crippen LogP contribution is -2.68. The Labute approximate surface area is 162 Å². The first-order valence-corrected chi connectivity index (χ1v) is 10.1. The van der Waals surface area contributed by atoms with E-state index in [1.54, 1.807) is 6.92 Å². The molecule has 4 atom stereocenters. The maximum absolute atomic E-state index is 12.8. The summed E-state index contributed by atoms with van der Waals surface area (Å²) in [5.41, 5.74) is -0.377. The van der Waals surface area contributed by atoms with Crippen molar-refractivity contribution in [1.29, 1.82) is 0 Å². The fraction of sp³-hybridized carbons (Fsp3) is 0.562. The molecule has 27 heavy (non-hydrogen) atoms. The van der Waals surface area contributed by atoms with Crippen molar-refractivity contribution in [3.05, 3.63) is 16.3 Å². The van der Waals surface area contributed by atoms with E-state index in [0.29, 0.717) is 11.3 Å². The molecule has 0 saturated carbocycles. The van der Waals surface area contributed by atoms with Gasteiger partial charge in [0, 0.05) is 11.7 Å². The summed E-state index contributed by atoms with van der Waals surface area (Å²) in [6, 6.07) is -0.366. The average molecular weight is 411 g/mol. The number of nitrogens with zero attached hydrogens (tertiary/aromatic N) is 3. The zero-order valence-electron chi connectivity index (χ0n) is 14.8. The Morgan fingerprint density at radius 3 is 2.74 bits per heavy atom. The van der Waals surface area contributed by atoms with E-state index in [-0.39, 0.29) is 30.2 Å². The highest BCUT2D eigenvalue weighted by Crippen LogP contribution is 2.52. The van der Waals surface area contributed by atoms with E-state index in [4.69, 9.17) is 9.47 Å². The van der Waals surface area contributed by atoms with Crippen LogP contribution < -0.4 is 0 Å². The molecule has 0 aliphatic carbocycles. The van der Waals surface area contributed by atoms with Crippen molar-refractivity contribution in [2.75, 3.05) is 12.4 Å². The number of thioether (sulfide) groups is 1. The highest BCUT2D eigenvalue weighted by atomic mass is 32.2. The van der Waals surface area contributed by atoms with E-state index in [1.165, 1.54) is 28.0 Å². The van der Waals surface area contributed by atoms with E-state index in [2.05, 4.69) is 10.2 Å². The molecular formula is C16H17N3O6S2. The van der Waals surface area contributed by atoms with Gasteiger partial charge in [-0.1, -0.05) is 30.0 Å². The fourth-order valence-corrected chi connectivity index (χ4v) is 5.97. The smallest absolute Gasteiger partial charge is 0.477 e. The second kappa shape index (κ2) is 6.20. The number of aromatic nitrogens is 2. The molecule has 3 aliphatic heterocycles. The van der Waals surface area contributed by atoms with Crippen molar-refractivity contribution >= 4 is 41.1 Å². The van der Waals surface area contributed by atoms with Crippen LogP contribution in [0.15, 0.2) is 15.6 Å². The highest BCUT2D eigenvalue weighted by molar-refractivity contribution is 8.01. The van der Waals surface area contributed by atoms with Crippen molar-refractivity contribution in [3.63, 3.8) is 0 Å². The second-order valence-corrected chi connectivity index (χ2v) is 9.38. The number of aryl methyl sites for hydroxylation is 1. The number of aliphatic carboxylic acids is 1. The van der Waals surface area contributed by atoms with Crippen LogP contribution >= 0.6 is 23.1 Å². The minimum atomic E-state index is -1.13. The van der Waals surface area contributed by atoms with Crippen molar-refractivity contribution in [3.8, 4) is 0 Å². The summed E-state index contributed by atoms with van der Waals surface area (Å²) in [6.45, 7) is 5.38. The standard InChI is InChI=1S/C16H17N3O6S2/c1-6-8(4-26-14-18-17-7(2)27-14)11(13(21)22)19-10(6)9(12(19)20)16(3)5-24-15(23)25-16/h6,9-10H,4-5H2,1-3H3,(H,21,22)/t6-,9+,10+,16+/m0/s1. The normalized spacial score (nSPS) is 32.3. The number of cyclic esters (lactones) is 2. The molecule has 1 aromatic rings. The summed E-state index contributed by atoms with van der Waals surface area (Å²) in [7, 11) is 0. The molecule has 1 N–H and O–H groups in total. The Morgan fingerprint density at radius 2 is 2.19 bits per heavy atom. The number of hydrogen-bond donors (Lipinski definition) is 1. The first-order valence-electron chi connectivity index (χ1n) is 8.31. The van der Waals surface area contributed by atoms with Gasteiger partial charge in [0.2, 0.25) is 5.91 Å². The number of ether oxygens (including phenoxy) is 2. The van der Waals surface area contributed by atoms with Gasteiger partial charge in [0.05, 0.1) is 6.04 Å². The third-order valence-corrected chi connectivity index (χ3v) is 7.28. The van der Waals surface area contributed by atoms with Gasteiger partial charge in [-0.3, -0.25) is 4.79 Å². The monoisotopic (exact) mass is 411 g/mol. The molecule has 0 spiro atoms. The van der Waals surface area contributed by atoms with E-state index < -0.39 is 23.6 Å². The van der Waals surface area contributed by atoms with Gasteiger partial charge < -0.3 is 19.5 Å². The van der Waals surface area contributed by atoms with Crippen LogP contribution in [0.25, 0.3) is 0 Å². The van der Waals surface area contributed by atoms with Crippen LogP contribution in [0, 0.1) is 18.8 Å². The zero-order chi connectivity index (χ0) is 19.5. The number of fused-ring (bicyclic) bond motifs is 1. The van der Waals surface area contributed by atoms with Crippen LogP contribution in [0.5, 0.6) is 0 Å². The van der Waals surface area contributed by atoms with E-state index in [1.807, 2.05) is 13.8 Å². The second-order valence-electron chi connectivity index (χ2n) is 6.97. The van der Waals surface area contributed by atoms with E-state index >= 15 is 0 Å². The minimum absolute atomic E-state index is 0.0180. The lowest BCUT2D eigenvalue weighted by molar-refractivity contribution is -0.170. The molecule has 4 heterocycles. The van der Waals surface area contributed by atoms with Crippen molar-refractivity contribution in [1.82, 2.24) is 15.1 Å². The average Bonchev–Trinajstić information content (AvgIpc) is 3.22. The van der Waals surface area contributed by atoms with Crippen LogP contribution in [-0.2, 0) is 19.1 Å². The Hall–Kier alpha value is -2.14. The molecule has 0 aromatic carbocycles. The summed E-state index contributed by atoms with van der Waals surface area (Å²) >= 11 is 2.84. The molecule has 0 radical (unpaired) electrons. The number of β-lactam (4-membered cyclic amide) rings is 1. The van der Waals surface area contributed by atoms with Crippen molar-refractivity contribution in [2.45, 2.75) is 36.8 Å². The number of carbonyl (C=O) groups is 3. The maximum atomic E-state index is 12.8. The van der Waals surface area contributed by atoms with Gasteiger partial charge in [0.25, 0.3) is 0 Å². The van der Waals surface area contributed by atoms with E-state index in [9.17, 15) is 19.5 Å². The predicted octanol–water partition coefficient (Wildman–Crippen LogP) is 1.68. The van der Waals surface area contributed by atoms with Crippen LogP contribution in [0.1, 0.15) is 18.9 Å². The molecule has 3 aliphatic rings. The summed E-state index contributed by atoms with van der Waals surface area (Å²) in [5.74, 6) is -1.89. The fourth-order valence-electron chi connectivity index (χ4n) is 4.00. The maximum Gasteiger partial charge on any atom is 0.509 e. The molecule has 2 fully saturated rings. The number of hydrogen-bond acceptors (Lipinski definition) is 9. The van der Waals surface area contributed by atoms with Crippen LogP contribution in [0.3, 0.4) is 0 Å². The van der Waals surface area contributed by atoms with Crippen LogP contribution in [0.2, 0.25) is 0 Å². The van der Waals surface area contributed by atoms with Gasteiger partial charge in [-0.25, -0.2) is 9.59 Å². The molecule has 0 bridgehead atoms. The van der Waals surface area contributed by atoms with Gasteiger partial charge >= 0.3 is 12.1 Å². The lowest BCUT2D eigenvalue weighted by atomic mass is 9.71. The number of carboxylic acid groups (broad SMARTS) is 1. The third kappa shape index (κ3) is 2.71. The molecular weight excluding hydrogens is 394 g/mol. The SMILES string of the molecule is Cc1nnc(SCC2=C(C(=O)O)N3C(=O)[C@H]([C@@]4(C)COC(=O)O4)[C@H]3[C@H]2C)s1. The Bertz CT molecular complexity index is 883. The molecule has 2 saturated heterocycles. The third-order valence-electron chi connectivity index (χ3n) is 5.26. The molecule has 1 aromatic heterocycles. The minimum Gasteiger partial charge on any atom is -0.477 e. The highest BCUT2D eigenvalue weighted by Gasteiger charge is 2.66. The summed E-state index contributed by atoms with van der Waals surface area (Å²) in [5, 5.41) is 18.5. The number of carboxylic acids is 1. The Kier molecular flexibility index (Phi) is 4.18. The van der Waals surface area contributed by atoms with Crippen LogP contribution in [0.4, 0.5) is 4.79 Å². The van der Waals surface area contributed by atoms with Gasteiger partial charge in [-0.15, -0.1) is 10.2 Å². The molecule has 4 rings (SSSR count). The van der Waals surface area contributed by atoms with Crippen molar-refractivity contribution in [2.24, 2.45) is 11.8 Å². The van der Waals surface area contributed by atoms with E-state index in [0.717, 1.165) is 9.35 Å². The molecule has 9 nitrogen and oxygen atoms in total.